The summed E-state index contributed by atoms with van der Waals surface area (Å²) in [7, 11) is -1.14. The van der Waals surface area contributed by atoms with E-state index in [-0.39, 0.29) is 5.25 Å². The first-order valence-electron chi connectivity index (χ1n) is 8.17. The molecule has 0 saturated carbocycles. The largest absolute Gasteiger partial charge is 0.299 e. The highest BCUT2D eigenvalue weighted by Crippen LogP contribution is 2.25. The maximum Gasteiger partial charge on any atom is 0.217 e. The lowest BCUT2D eigenvalue weighted by molar-refractivity contribution is 0.219. The molecule has 1 aromatic heterocycles. The average Bonchev–Trinajstić information content (AvgIpc) is 3.10. The second-order valence-corrected chi connectivity index (χ2v) is 8.75. The van der Waals surface area contributed by atoms with Gasteiger partial charge in [-0.3, -0.25) is 9.58 Å². The molecule has 0 amide bonds. The zero-order chi connectivity index (χ0) is 15.7. The smallest absolute Gasteiger partial charge is 0.217 e. The Labute approximate surface area is 133 Å². The van der Waals surface area contributed by atoms with E-state index in [0.717, 1.165) is 64.1 Å². The maximum absolute atomic E-state index is 12.6. The molecule has 22 heavy (non-hydrogen) atoms. The van der Waals surface area contributed by atoms with Crippen LogP contribution < -0.4 is 0 Å². The van der Waals surface area contributed by atoms with E-state index < -0.39 is 10.0 Å². The van der Waals surface area contributed by atoms with Crippen LogP contribution in [0, 0.1) is 6.92 Å². The molecule has 1 aromatic rings. The van der Waals surface area contributed by atoms with Crippen LogP contribution in [-0.4, -0.2) is 58.8 Å². The first kappa shape index (κ1) is 16.0. The third-order valence-corrected chi connectivity index (χ3v) is 7.29. The topological polar surface area (TPSA) is 58.4 Å². The van der Waals surface area contributed by atoms with Gasteiger partial charge in [0.25, 0.3) is 0 Å². The maximum atomic E-state index is 12.6. The molecule has 2 aliphatic rings. The molecule has 124 valence electrons. The summed E-state index contributed by atoms with van der Waals surface area (Å²) in [5.41, 5.74) is 2.30. The highest BCUT2D eigenvalue weighted by molar-refractivity contribution is 7.89. The van der Waals surface area contributed by atoms with E-state index in [4.69, 9.17) is 0 Å². The van der Waals surface area contributed by atoms with Crippen molar-refractivity contribution in [1.82, 2.24) is 19.0 Å². The molecule has 0 spiro atoms. The average molecular weight is 326 g/mol. The Bertz CT molecular complexity index is 611. The van der Waals surface area contributed by atoms with E-state index in [1.165, 1.54) is 5.56 Å². The highest BCUT2D eigenvalue weighted by Gasteiger charge is 2.35. The van der Waals surface area contributed by atoms with Gasteiger partial charge in [-0.05, 0) is 45.7 Å². The SMILES string of the molecule is Cc1nn(C)cc1CN1CCC(S(=O)(=O)N2CCCC2)CC1. The molecule has 0 aromatic carbocycles. The number of nitrogens with zero attached hydrogens (tertiary/aromatic N) is 4. The summed E-state index contributed by atoms with van der Waals surface area (Å²) >= 11 is 0. The zero-order valence-electron chi connectivity index (χ0n) is 13.5. The van der Waals surface area contributed by atoms with Crippen LogP contribution in [0.3, 0.4) is 0 Å². The molecule has 7 heteroatoms. The van der Waals surface area contributed by atoms with E-state index in [0.29, 0.717) is 0 Å². The minimum atomic E-state index is -3.07. The van der Waals surface area contributed by atoms with E-state index in [1.807, 2.05) is 18.7 Å². The normalized spacial score (nSPS) is 22.5. The number of rotatable bonds is 4. The number of likely N-dealkylation sites (tertiary alicyclic amines) is 1. The van der Waals surface area contributed by atoms with Gasteiger partial charge in [0, 0.05) is 38.4 Å². The van der Waals surface area contributed by atoms with Crippen molar-refractivity contribution in [1.29, 1.82) is 0 Å². The van der Waals surface area contributed by atoms with Crippen LogP contribution in [0.25, 0.3) is 0 Å². The van der Waals surface area contributed by atoms with E-state index in [1.54, 1.807) is 4.31 Å². The first-order valence-corrected chi connectivity index (χ1v) is 9.67. The lowest BCUT2D eigenvalue weighted by Gasteiger charge is -2.33. The molecule has 6 nitrogen and oxygen atoms in total. The number of piperidine rings is 1. The molecule has 2 fully saturated rings. The molecular weight excluding hydrogens is 300 g/mol. The van der Waals surface area contributed by atoms with E-state index in [9.17, 15) is 8.42 Å². The summed E-state index contributed by atoms with van der Waals surface area (Å²) in [6, 6.07) is 0. The molecule has 0 N–H and O–H groups in total. The molecule has 0 atom stereocenters. The highest BCUT2D eigenvalue weighted by atomic mass is 32.2. The summed E-state index contributed by atoms with van der Waals surface area (Å²) in [5, 5.41) is 4.19. The van der Waals surface area contributed by atoms with Crippen molar-refractivity contribution in [3.8, 4) is 0 Å². The minimum Gasteiger partial charge on any atom is -0.299 e. The van der Waals surface area contributed by atoms with Crippen molar-refractivity contribution in [2.75, 3.05) is 26.2 Å². The fourth-order valence-electron chi connectivity index (χ4n) is 3.56. The van der Waals surface area contributed by atoms with Crippen molar-refractivity contribution < 1.29 is 8.42 Å². The lowest BCUT2D eigenvalue weighted by Crippen LogP contribution is -2.44. The molecular formula is C15H26N4O2S. The first-order chi connectivity index (χ1) is 10.5. The molecule has 0 bridgehead atoms. The fourth-order valence-corrected chi connectivity index (χ4v) is 5.56. The molecule has 3 heterocycles. The third kappa shape index (κ3) is 3.21. The summed E-state index contributed by atoms with van der Waals surface area (Å²) in [6.07, 6.45) is 5.58. The van der Waals surface area contributed by atoms with Gasteiger partial charge in [-0.15, -0.1) is 0 Å². The van der Waals surface area contributed by atoms with Gasteiger partial charge in [0.15, 0.2) is 0 Å². The molecule has 2 aliphatic heterocycles. The number of sulfonamides is 1. The van der Waals surface area contributed by atoms with Gasteiger partial charge < -0.3 is 0 Å². The second-order valence-electron chi connectivity index (χ2n) is 6.54. The van der Waals surface area contributed by atoms with Crippen LogP contribution in [-0.2, 0) is 23.6 Å². The van der Waals surface area contributed by atoms with Gasteiger partial charge in [0.05, 0.1) is 10.9 Å². The van der Waals surface area contributed by atoms with Crippen LogP contribution in [0.4, 0.5) is 0 Å². The summed E-state index contributed by atoms with van der Waals surface area (Å²) in [6.45, 7) is 6.04. The van der Waals surface area contributed by atoms with Crippen LogP contribution in [0.5, 0.6) is 0 Å². The van der Waals surface area contributed by atoms with Crippen molar-refractivity contribution in [2.45, 2.75) is 44.4 Å². The minimum absolute atomic E-state index is 0.183. The van der Waals surface area contributed by atoms with Crippen molar-refractivity contribution >= 4 is 10.0 Å². The predicted octanol–water partition coefficient (Wildman–Crippen LogP) is 1.12. The van der Waals surface area contributed by atoms with Gasteiger partial charge in [-0.1, -0.05) is 0 Å². The Balaban J connectivity index is 1.57. The Morgan fingerprint density at radius 3 is 2.36 bits per heavy atom. The number of hydrogen-bond donors (Lipinski definition) is 0. The van der Waals surface area contributed by atoms with Crippen molar-refractivity contribution in [3.05, 3.63) is 17.5 Å². The Hall–Kier alpha value is -0.920. The summed E-state index contributed by atoms with van der Waals surface area (Å²) in [4.78, 5) is 2.35. The second kappa shape index (κ2) is 6.29. The van der Waals surface area contributed by atoms with Crippen LogP contribution >= 0.6 is 0 Å². The molecule has 0 radical (unpaired) electrons. The molecule has 3 rings (SSSR count). The van der Waals surface area contributed by atoms with Gasteiger partial charge in [0.2, 0.25) is 10.0 Å². The number of aryl methyl sites for hydroxylation is 2. The zero-order valence-corrected chi connectivity index (χ0v) is 14.3. The summed E-state index contributed by atoms with van der Waals surface area (Å²) < 4.78 is 28.8. The quantitative estimate of drug-likeness (QED) is 0.832. The molecule has 2 saturated heterocycles. The van der Waals surface area contributed by atoms with Crippen LogP contribution in [0.2, 0.25) is 0 Å². The Morgan fingerprint density at radius 2 is 1.82 bits per heavy atom. The van der Waals surface area contributed by atoms with Crippen LogP contribution in [0.1, 0.15) is 36.9 Å². The third-order valence-electron chi connectivity index (χ3n) is 4.89. The standard InChI is InChI=1S/C15H26N4O2S/c1-13-14(11-17(2)16-13)12-18-9-5-15(6-10-18)22(20,21)19-7-3-4-8-19/h11,15H,3-10,12H2,1-2H3. The van der Waals surface area contributed by atoms with Crippen molar-refractivity contribution in [2.24, 2.45) is 7.05 Å². The predicted molar refractivity (Wildman–Crippen MR) is 86.0 cm³/mol. The van der Waals surface area contributed by atoms with Gasteiger partial charge in [-0.25, -0.2) is 12.7 Å². The molecule has 0 unspecified atom stereocenters. The molecule has 0 aliphatic carbocycles. The van der Waals surface area contributed by atoms with E-state index >= 15 is 0 Å². The Kier molecular flexibility index (Phi) is 4.56. The number of hydrogen-bond acceptors (Lipinski definition) is 4. The van der Waals surface area contributed by atoms with Gasteiger partial charge in [0.1, 0.15) is 0 Å². The lowest BCUT2D eigenvalue weighted by atomic mass is 10.1. The monoisotopic (exact) mass is 326 g/mol. The van der Waals surface area contributed by atoms with Crippen molar-refractivity contribution in [3.63, 3.8) is 0 Å². The van der Waals surface area contributed by atoms with E-state index in [2.05, 4.69) is 16.2 Å². The van der Waals surface area contributed by atoms with Gasteiger partial charge >= 0.3 is 0 Å². The van der Waals surface area contributed by atoms with Gasteiger partial charge in [-0.2, -0.15) is 5.10 Å². The van der Waals surface area contributed by atoms with Crippen LogP contribution in [0.15, 0.2) is 6.20 Å². The fraction of sp³-hybridized carbons (Fsp3) is 0.800. The number of aromatic nitrogens is 2. The summed E-state index contributed by atoms with van der Waals surface area (Å²) in [5.74, 6) is 0. The Morgan fingerprint density at radius 1 is 1.18 bits per heavy atom.